The zero-order chi connectivity index (χ0) is 15.6. The van der Waals surface area contributed by atoms with Gasteiger partial charge in [-0.25, -0.2) is 9.97 Å². The van der Waals surface area contributed by atoms with E-state index in [9.17, 15) is 0 Å². The zero-order valence-electron chi connectivity index (χ0n) is 13.7. The molecule has 4 nitrogen and oxygen atoms in total. The summed E-state index contributed by atoms with van der Waals surface area (Å²) in [5.74, 6) is 3.59. The molecule has 1 aromatic heterocycles. The number of nitrogens with one attached hydrogen (secondary N) is 1. The second-order valence-corrected chi connectivity index (χ2v) is 6.91. The maximum atomic E-state index is 4.86. The van der Waals surface area contributed by atoms with Crippen LogP contribution in [0.2, 0.25) is 0 Å². The summed E-state index contributed by atoms with van der Waals surface area (Å²) in [5, 5.41) is 3.54. The summed E-state index contributed by atoms with van der Waals surface area (Å²) in [7, 11) is 0. The van der Waals surface area contributed by atoms with Crippen molar-refractivity contribution in [3.63, 3.8) is 0 Å². The van der Waals surface area contributed by atoms with Crippen LogP contribution in [0.15, 0.2) is 36.4 Å². The molecule has 1 saturated carbocycles. The summed E-state index contributed by atoms with van der Waals surface area (Å²) >= 11 is 0. The van der Waals surface area contributed by atoms with E-state index in [0.29, 0.717) is 6.04 Å². The first-order chi connectivity index (χ1) is 11.3. The van der Waals surface area contributed by atoms with Crippen molar-refractivity contribution < 1.29 is 0 Å². The number of nitrogens with zero attached hydrogens (tertiary/aromatic N) is 3. The van der Waals surface area contributed by atoms with Crippen LogP contribution in [0.3, 0.4) is 0 Å². The Labute approximate surface area is 138 Å². The predicted molar refractivity (Wildman–Crippen MR) is 94.7 cm³/mol. The highest BCUT2D eigenvalue weighted by atomic mass is 15.2. The lowest BCUT2D eigenvalue weighted by Gasteiger charge is -2.32. The Morgan fingerprint density at radius 3 is 2.65 bits per heavy atom. The number of anilines is 2. The topological polar surface area (TPSA) is 41.0 Å². The Morgan fingerprint density at radius 1 is 1.09 bits per heavy atom. The summed E-state index contributed by atoms with van der Waals surface area (Å²) in [4.78, 5) is 12.0. The van der Waals surface area contributed by atoms with Gasteiger partial charge in [0, 0.05) is 30.8 Å². The molecule has 120 valence electrons. The van der Waals surface area contributed by atoms with Crippen LogP contribution in [-0.4, -0.2) is 29.1 Å². The molecular formula is C19H24N4. The molecule has 0 spiro atoms. The highest BCUT2D eigenvalue weighted by Crippen LogP contribution is 2.29. The Morgan fingerprint density at radius 2 is 1.91 bits per heavy atom. The number of piperidine rings is 1. The molecule has 0 radical (unpaired) electrons. The third-order valence-electron chi connectivity index (χ3n) is 4.65. The average molecular weight is 308 g/mol. The third kappa shape index (κ3) is 3.46. The van der Waals surface area contributed by atoms with Gasteiger partial charge >= 0.3 is 0 Å². The number of hydrogen-bond donors (Lipinski definition) is 1. The molecule has 1 atom stereocenters. The highest BCUT2D eigenvalue weighted by molar-refractivity contribution is 5.62. The summed E-state index contributed by atoms with van der Waals surface area (Å²) in [6.45, 7) is 4.52. The maximum Gasteiger partial charge on any atom is 0.163 e. The van der Waals surface area contributed by atoms with Crippen molar-refractivity contribution in [3.05, 3.63) is 36.4 Å². The molecular weight excluding hydrogens is 284 g/mol. The van der Waals surface area contributed by atoms with Gasteiger partial charge in [-0.05, 0) is 31.6 Å². The lowest BCUT2D eigenvalue weighted by Crippen LogP contribution is -2.35. The minimum Gasteiger partial charge on any atom is -0.367 e. The van der Waals surface area contributed by atoms with E-state index in [2.05, 4.69) is 35.3 Å². The van der Waals surface area contributed by atoms with Gasteiger partial charge in [0.1, 0.15) is 11.6 Å². The second kappa shape index (κ2) is 6.19. The van der Waals surface area contributed by atoms with Crippen LogP contribution in [-0.2, 0) is 0 Å². The van der Waals surface area contributed by atoms with E-state index in [1.165, 1.54) is 25.7 Å². The van der Waals surface area contributed by atoms with Gasteiger partial charge in [-0.15, -0.1) is 0 Å². The Balaban J connectivity index is 1.69. The molecule has 0 amide bonds. The molecule has 2 aliphatic rings. The van der Waals surface area contributed by atoms with Gasteiger partial charge in [-0.1, -0.05) is 37.3 Å². The molecule has 1 unspecified atom stereocenters. The molecule has 2 fully saturated rings. The van der Waals surface area contributed by atoms with Crippen molar-refractivity contribution in [3.8, 4) is 11.4 Å². The molecule has 1 saturated heterocycles. The number of hydrogen-bond acceptors (Lipinski definition) is 4. The second-order valence-electron chi connectivity index (χ2n) is 6.91. The van der Waals surface area contributed by atoms with Crippen molar-refractivity contribution in [2.45, 2.75) is 38.6 Å². The van der Waals surface area contributed by atoms with Crippen molar-refractivity contribution in [1.29, 1.82) is 0 Å². The minimum atomic E-state index is 0.599. The van der Waals surface area contributed by atoms with Gasteiger partial charge < -0.3 is 10.2 Å². The Kier molecular flexibility index (Phi) is 3.90. The fourth-order valence-electron chi connectivity index (χ4n) is 3.22. The van der Waals surface area contributed by atoms with Gasteiger partial charge in [0.05, 0.1) is 0 Å². The van der Waals surface area contributed by atoms with Gasteiger partial charge in [0.25, 0.3) is 0 Å². The van der Waals surface area contributed by atoms with Crippen LogP contribution < -0.4 is 10.2 Å². The standard InChI is InChI=1S/C19H24N4/c1-14-6-5-11-23(13-14)18-12-17(20-16-9-10-16)21-19(22-18)15-7-3-2-4-8-15/h2-4,7-8,12,14,16H,5-6,9-11,13H2,1H3,(H,20,21,22). The van der Waals surface area contributed by atoms with Gasteiger partial charge in [-0.3, -0.25) is 0 Å². The molecule has 2 heterocycles. The van der Waals surface area contributed by atoms with Crippen molar-refractivity contribution >= 4 is 11.6 Å². The quantitative estimate of drug-likeness (QED) is 0.928. The molecule has 4 heteroatoms. The van der Waals surface area contributed by atoms with Crippen LogP contribution in [0.25, 0.3) is 11.4 Å². The largest absolute Gasteiger partial charge is 0.367 e. The lowest BCUT2D eigenvalue weighted by atomic mass is 10.0. The van der Waals surface area contributed by atoms with E-state index >= 15 is 0 Å². The first kappa shape index (κ1) is 14.5. The van der Waals surface area contributed by atoms with E-state index in [0.717, 1.165) is 42.0 Å². The average Bonchev–Trinajstić information content (AvgIpc) is 3.39. The van der Waals surface area contributed by atoms with Crippen LogP contribution in [0, 0.1) is 5.92 Å². The van der Waals surface area contributed by atoms with Gasteiger partial charge in [0.15, 0.2) is 5.82 Å². The van der Waals surface area contributed by atoms with E-state index in [-0.39, 0.29) is 0 Å². The molecule has 1 aliphatic heterocycles. The SMILES string of the molecule is CC1CCCN(c2cc(NC3CC3)nc(-c3ccccc3)n2)C1. The maximum absolute atomic E-state index is 4.86. The Bertz CT molecular complexity index is 666. The van der Waals surface area contributed by atoms with Gasteiger partial charge in [0.2, 0.25) is 0 Å². The molecule has 4 rings (SSSR count). The van der Waals surface area contributed by atoms with E-state index in [4.69, 9.17) is 9.97 Å². The van der Waals surface area contributed by atoms with E-state index in [1.54, 1.807) is 0 Å². The van der Waals surface area contributed by atoms with Crippen LogP contribution in [0.5, 0.6) is 0 Å². The summed E-state index contributed by atoms with van der Waals surface area (Å²) < 4.78 is 0. The molecule has 2 aromatic rings. The fraction of sp³-hybridized carbons (Fsp3) is 0.474. The monoisotopic (exact) mass is 308 g/mol. The van der Waals surface area contributed by atoms with Crippen LogP contribution in [0.1, 0.15) is 32.6 Å². The van der Waals surface area contributed by atoms with E-state index in [1.807, 2.05) is 18.2 Å². The highest BCUT2D eigenvalue weighted by Gasteiger charge is 2.23. The van der Waals surface area contributed by atoms with E-state index < -0.39 is 0 Å². The van der Waals surface area contributed by atoms with Crippen LogP contribution in [0.4, 0.5) is 11.6 Å². The molecule has 1 aromatic carbocycles. The predicted octanol–water partition coefficient (Wildman–Crippen LogP) is 3.95. The Hall–Kier alpha value is -2.10. The third-order valence-corrected chi connectivity index (χ3v) is 4.65. The first-order valence-electron chi connectivity index (χ1n) is 8.74. The number of benzene rings is 1. The molecule has 1 N–H and O–H groups in total. The van der Waals surface area contributed by atoms with Crippen LogP contribution >= 0.6 is 0 Å². The van der Waals surface area contributed by atoms with Crippen molar-refractivity contribution in [2.75, 3.05) is 23.3 Å². The molecule has 1 aliphatic carbocycles. The number of aromatic nitrogens is 2. The summed E-state index contributed by atoms with van der Waals surface area (Å²) in [6.07, 6.45) is 5.07. The molecule has 23 heavy (non-hydrogen) atoms. The van der Waals surface area contributed by atoms with Gasteiger partial charge in [-0.2, -0.15) is 0 Å². The number of rotatable bonds is 4. The summed E-state index contributed by atoms with van der Waals surface area (Å²) in [6, 6.07) is 13.0. The zero-order valence-corrected chi connectivity index (χ0v) is 13.7. The van der Waals surface area contributed by atoms with Crippen molar-refractivity contribution in [1.82, 2.24) is 9.97 Å². The normalized spacial score (nSPS) is 21.3. The van der Waals surface area contributed by atoms with Crippen molar-refractivity contribution in [2.24, 2.45) is 5.92 Å². The minimum absolute atomic E-state index is 0.599. The molecule has 0 bridgehead atoms. The first-order valence-corrected chi connectivity index (χ1v) is 8.74. The smallest absolute Gasteiger partial charge is 0.163 e. The fourth-order valence-corrected chi connectivity index (χ4v) is 3.22. The summed E-state index contributed by atoms with van der Waals surface area (Å²) in [5.41, 5.74) is 1.08. The lowest BCUT2D eigenvalue weighted by molar-refractivity contribution is 0.444.